The SMILES string of the molecule is CN(CC1CCN(Cc2ccccc2)C1)C(=O)C1CCC(N)C1. The van der Waals surface area contributed by atoms with Crippen LogP contribution < -0.4 is 5.73 Å². The molecule has 0 aromatic heterocycles. The lowest BCUT2D eigenvalue weighted by atomic mass is 10.0. The second-order valence-corrected chi connectivity index (χ2v) is 7.36. The first-order valence-corrected chi connectivity index (χ1v) is 8.88. The maximum Gasteiger partial charge on any atom is 0.225 e. The largest absolute Gasteiger partial charge is 0.345 e. The minimum absolute atomic E-state index is 0.164. The zero-order valence-electron chi connectivity index (χ0n) is 14.2. The molecule has 1 aromatic carbocycles. The van der Waals surface area contributed by atoms with Crippen LogP contribution in [0.3, 0.4) is 0 Å². The Kier molecular flexibility index (Phi) is 5.34. The molecular formula is C19H29N3O. The molecular weight excluding hydrogens is 286 g/mol. The van der Waals surface area contributed by atoms with E-state index in [4.69, 9.17) is 5.73 Å². The quantitative estimate of drug-likeness (QED) is 0.905. The maximum atomic E-state index is 12.5. The number of benzene rings is 1. The lowest BCUT2D eigenvalue weighted by Crippen LogP contribution is -2.37. The topological polar surface area (TPSA) is 49.6 Å². The van der Waals surface area contributed by atoms with Gasteiger partial charge in [0.15, 0.2) is 0 Å². The van der Waals surface area contributed by atoms with Crippen molar-refractivity contribution >= 4 is 5.91 Å². The van der Waals surface area contributed by atoms with Gasteiger partial charge in [-0.1, -0.05) is 30.3 Å². The third-order valence-electron chi connectivity index (χ3n) is 5.35. The van der Waals surface area contributed by atoms with Crippen LogP contribution in [-0.4, -0.2) is 48.4 Å². The molecule has 1 amide bonds. The van der Waals surface area contributed by atoms with Crippen molar-refractivity contribution < 1.29 is 4.79 Å². The van der Waals surface area contributed by atoms with Crippen molar-refractivity contribution in [2.75, 3.05) is 26.7 Å². The first-order valence-electron chi connectivity index (χ1n) is 8.88. The van der Waals surface area contributed by atoms with Gasteiger partial charge in [-0.05, 0) is 43.7 Å². The second kappa shape index (κ2) is 7.45. The van der Waals surface area contributed by atoms with E-state index in [-0.39, 0.29) is 12.0 Å². The van der Waals surface area contributed by atoms with E-state index in [2.05, 4.69) is 35.2 Å². The molecule has 4 nitrogen and oxygen atoms in total. The number of rotatable bonds is 5. The van der Waals surface area contributed by atoms with Gasteiger partial charge in [0.2, 0.25) is 5.91 Å². The van der Waals surface area contributed by atoms with Crippen LogP contribution in [-0.2, 0) is 11.3 Å². The maximum absolute atomic E-state index is 12.5. The first kappa shape index (κ1) is 16.5. The van der Waals surface area contributed by atoms with Crippen LogP contribution in [0.1, 0.15) is 31.2 Å². The molecule has 1 aliphatic heterocycles. The van der Waals surface area contributed by atoms with Gasteiger partial charge in [0.25, 0.3) is 0 Å². The van der Waals surface area contributed by atoms with Gasteiger partial charge in [-0.25, -0.2) is 0 Å². The van der Waals surface area contributed by atoms with E-state index in [0.29, 0.717) is 11.8 Å². The number of carbonyl (C=O) groups excluding carboxylic acids is 1. The van der Waals surface area contributed by atoms with Gasteiger partial charge < -0.3 is 10.6 Å². The van der Waals surface area contributed by atoms with E-state index >= 15 is 0 Å². The van der Waals surface area contributed by atoms with Crippen LogP contribution >= 0.6 is 0 Å². The van der Waals surface area contributed by atoms with Crippen LogP contribution in [0.25, 0.3) is 0 Å². The van der Waals surface area contributed by atoms with Gasteiger partial charge in [0.05, 0.1) is 0 Å². The summed E-state index contributed by atoms with van der Waals surface area (Å²) in [4.78, 5) is 17.0. The highest BCUT2D eigenvalue weighted by atomic mass is 16.2. The summed E-state index contributed by atoms with van der Waals surface area (Å²) in [6.45, 7) is 4.13. The predicted molar refractivity (Wildman–Crippen MR) is 92.8 cm³/mol. The summed E-state index contributed by atoms with van der Waals surface area (Å²) in [5.41, 5.74) is 7.31. The standard InChI is InChI=1S/C19H29N3O/c1-21(19(23)17-7-8-18(20)11-17)12-16-9-10-22(14-16)13-15-5-3-2-4-6-15/h2-6,16-18H,7-14,20H2,1H3. The van der Waals surface area contributed by atoms with Crippen molar-refractivity contribution in [2.24, 2.45) is 17.6 Å². The van der Waals surface area contributed by atoms with Crippen LogP contribution in [0, 0.1) is 11.8 Å². The molecule has 2 N–H and O–H groups in total. The number of hydrogen-bond acceptors (Lipinski definition) is 3. The summed E-state index contributed by atoms with van der Waals surface area (Å²) in [5.74, 6) is 1.07. The summed E-state index contributed by atoms with van der Waals surface area (Å²) in [5, 5.41) is 0. The highest BCUT2D eigenvalue weighted by Gasteiger charge is 2.31. The molecule has 0 radical (unpaired) electrons. The summed E-state index contributed by atoms with van der Waals surface area (Å²) in [7, 11) is 1.96. The summed E-state index contributed by atoms with van der Waals surface area (Å²) >= 11 is 0. The number of carbonyl (C=O) groups is 1. The first-order chi connectivity index (χ1) is 11.1. The molecule has 126 valence electrons. The Bertz CT molecular complexity index is 519. The molecule has 3 rings (SSSR count). The van der Waals surface area contributed by atoms with Gasteiger partial charge in [-0.15, -0.1) is 0 Å². The molecule has 4 heteroatoms. The second-order valence-electron chi connectivity index (χ2n) is 7.36. The number of likely N-dealkylation sites (tertiary alicyclic amines) is 1. The molecule has 0 bridgehead atoms. The van der Waals surface area contributed by atoms with Crippen molar-refractivity contribution in [1.82, 2.24) is 9.80 Å². The van der Waals surface area contributed by atoms with Crippen LogP contribution in [0.15, 0.2) is 30.3 Å². The molecule has 1 saturated heterocycles. The number of hydrogen-bond donors (Lipinski definition) is 1. The zero-order chi connectivity index (χ0) is 16.2. The fraction of sp³-hybridized carbons (Fsp3) is 0.632. The number of amides is 1. The minimum atomic E-state index is 0.164. The Morgan fingerprint density at radius 3 is 2.74 bits per heavy atom. The molecule has 2 aliphatic rings. The predicted octanol–water partition coefficient (Wildman–Crippen LogP) is 2.09. The van der Waals surface area contributed by atoms with Gasteiger partial charge in [0.1, 0.15) is 0 Å². The smallest absolute Gasteiger partial charge is 0.225 e. The molecule has 1 aromatic rings. The van der Waals surface area contributed by atoms with E-state index in [1.165, 1.54) is 12.0 Å². The lowest BCUT2D eigenvalue weighted by Gasteiger charge is -2.24. The van der Waals surface area contributed by atoms with E-state index in [9.17, 15) is 4.79 Å². The van der Waals surface area contributed by atoms with Crippen molar-refractivity contribution in [1.29, 1.82) is 0 Å². The molecule has 23 heavy (non-hydrogen) atoms. The average molecular weight is 315 g/mol. The molecule has 0 spiro atoms. The molecule has 1 saturated carbocycles. The highest BCUT2D eigenvalue weighted by Crippen LogP contribution is 2.27. The summed E-state index contributed by atoms with van der Waals surface area (Å²) in [6, 6.07) is 10.9. The Balaban J connectivity index is 1.45. The van der Waals surface area contributed by atoms with E-state index in [1.54, 1.807) is 0 Å². The summed E-state index contributed by atoms with van der Waals surface area (Å²) < 4.78 is 0. The van der Waals surface area contributed by atoms with Gasteiger partial charge in [-0.2, -0.15) is 0 Å². The molecule has 3 atom stereocenters. The fourth-order valence-electron chi connectivity index (χ4n) is 4.08. The Morgan fingerprint density at radius 2 is 2.04 bits per heavy atom. The Hall–Kier alpha value is -1.39. The van der Waals surface area contributed by atoms with Crippen molar-refractivity contribution in [3.8, 4) is 0 Å². The monoisotopic (exact) mass is 315 g/mol. The number of nitrogens with two attached hydrogens (primary N) is 1. The number of nitrogens with zero attached hydrogens (tertiary/aromatic N) is 2. The van der Waals surface area contributed by atoms with Gasteiger partial charge in [-0.3, -0.25) is 9.69 Å². The van der Waals surface area contributed by atoms with E-state index in [1.807, 2.05) is 11.9 Å². The van der Waals surface area contributed by atoms with E-state index < -0.39 is 0 Å². The third-order valence-corrected chi connectivity index (χ3v) is 5.35. The molecule has 1 aliphatic carbocycles. The van der Waals surface area contributed by atoms with Crippen molar-refractivity contribution in [3.05, 3.63) is 35.9 Å². The van der Waals surface area contributed by atoms with Gasteiger partial charge in [0, 0.05) is 38.6 Å². The Labute approximate surface area is 139 Å². The normalized spacial score (nSPS) is 28.2. The van der Waals surface area contributed by atoms with E-state index in [0.717, 1.165) is 45.4 Å². The Morgan fingerprint density at radius 1 is 1.26 bits per heavy atom. The lowest BCUT2D eigenvalue weighted by molar-refractivity contribution is -0.134. The third kappa shape index (κ3) is 4.33. The highest BCUT2D eigenvalue weighted by molar-refractivity contribution is 5.79. The van der Waals surface area contributed by atoms with Gasteiger partial charge >= 0.3 is 0 Å². The minimum Gasteiger partial charge on any atom is -0.345 e. The zero-order valence-corrected chi connectivity index (χ0v) is 14.2. The summed E-state index contributed by atoms with van der Waals surface area (Å²) in [6.07, 6.45) is 4.02. The van der Waals surface area contributed by atoms with Crippen LogP contribution in [0.5, 0.6) is 0 Å². The van der Waals surface area contributed by atoms with Crippen LogP contribution in [0.4, 0.5) is 0 Å². The van der Waals surface area contributed by atoms with Crippen molar-refractivity contribution in [2.45, 2.75) is 38.3 Å². The molecule has 3 unspecified atom stereocenters. The van der Waals surface area contributed by atoms with Crippen molar-refractivity contribution in [3.63, 3.8) is 0 Å². The molecule has 1 heterocycles. The van der Waals surface area contributed by atoms with Crippen LogP contribution in [0.2, 0.25) is 0 Å². The fourth-order valence-corrected chi connectivity index (χ4v) is 4.08. The molecule has 2 fully saturated rings. The average Bonchev–Trinajstić information content (AvgIpc) is 3.17.